The van der Waals surface area contributed by atoms with Crippen molar-refractivity contribution < 1.29 is 9.50 Å². The molecule has 0 unspecified atom stereocenters. The van der Waals surface area contributed by atoms with Crippen LogP contribution in [0, 0.1) is 5.41 Å². The number of nitrogens with one attached hydrogen (secondary N) is 1. The van der Waals surface area contributed by atoms with Gasteiger partial charge in [-0.05, 0) is 6.92 Å². The molecule has 0 amide bonds. The third kappa shape index (κ3) is 1.92. The van der Waals surface area contributed by atoms with Crippen molar-refractivity contribution >= 4 is 6.21 Å². The molecule has 3 heteroatoms. The zero-order chi connectivity index (χ0) is 5.86. The Balaban J connectivity index is 3.98. The van der Waals surface area contributed by atoms with Crippen LogP contribution in [0.5, 0.6) is 0 Å². The van der Waals surface area contributed by atoms with Crippen molar-refractivity contribution in [3.8, 4) is 0 Å². The molecule has 0 rings (SSSR count). The third-order valence-electron chi connectivity index (χ3n) is 0.542. The van der Waals surface area contributed by atoms with Crippen LogP contribution >= 0.6 is 0 Å². The Hall–Kier alpha value is -0.860. The number of rotatable bonds is 1. The smallest absolute Gasteiger partial charge is 0.274 e. The lowest BCUT2D eigenvalue weighted by molar-refractivity contribution is 0.279. The van der Waals surface area contributed by atoms with Gasteiger partial charge in [-0.1, -0.05) is 0 Å². The van der Waals surface area contributed by atoms with E-state index in [2.05, 4.69) is 0 Å². The molecular weight excluding hydrogens is 97.0 g/mol. The van der Waals surface area contributed by atoms with E-state index in [9.17, 15) is 4.39 Å². The summed E-state index contributed by atoms with van der Waals surface area (Å²) < 4.78 is 11.4. The fourth-order valence-corrected chi connectivity index (χ4v) is 0.0596. The van der Waals surface area contributed by atoms with E-state index in [1.54, 1.807) is 0 Å². The van der Waals surface area contributed by atoms with Gasteiger partial charge in [0.05, 0.1) is 0 Å². The van der Waals surface area contributed by atoms with Crippen LogP contribution in [0.1, 0.15) is 6.92 Å². The van der Waals surface area contributed by atoms with Gasteiger partial charge in [-0.25, -0.2) is 0 Å². The Morgan fingerprint density at radius 3 is 2.29 bits per heavy atom. The van der Waals surface area contributed by atoms with Gasteiger partial charge in [-0.15, -0.1) is 0 Å². The van der Waals surface area contributed by atoms with Crippen molar-refractivity contribution in [3.63, 3.8) is 0 Å². The molecule has 0 aliphatic rings. The van der Waals surface area contributed by atoms with E-state index in [0.717, 1.165) is 6.21 Å². The molecule has 0 aromatic heterocycles. The van der Waals surface area contributed by atoms with Crippen molar-refractivity contribution in [1.82, 2.24) is 0 Å². The molecule has 0 aromatic carbocycles. The zero-order valence-corrected chi connectivity index (χ0v) is 3.90. The Kier molecular flexibility index (Phi) is 2.05. The molecule has 0 aliphatic carbocycles. The van der Waals surface area contributed by atoms with Gasteiger partial charge in [0.15, 0.2) is 0 Å². The highest BCUT2D eigenvalue weighted by molar-refractivity contribution is 5.74. The van der Waals surface area contributed by atoms with Crippen molar-refractivity contribution in [1.29, 1.82) is 5.41 Å². The van der Waals surface area contributed by atoms with Crippen LogP contribution < -0.4 is 0 Å². The third-order valence-corrected chi connectivity index (χ3v) is 0.542. The van der Waals surface area contributed by atoms with Crippen LogP contribution in [-0.4, -0.2) is 11.3 Å². The maximum absolute atomic E-state index is 11.4. The SMILES string of the molecule is C/C(C=N)=C(/O)F. The molecule has 0 aliphatic heterocycles. The summed E-state index contributed by atoms with van der Waals surface area (Å²) in [7, 11) is 0. The molecular formula is C4H6FNO. The van der Waals surface area contributed by atoms with Gasteiger partial charge in [0.2, 0.25) is 0 Å². The predicted molar refractivity (Wildman–Crippen MR) is 25.2 cm³/mol. The van der Waals surface area contributed by atoms with Crippen molar-refractivity contribution in [2.24, 2.45) is 0 Å². The molecule has 0 heterocycles. The summed E-state index contributed by atoms with van der Waals surface area (Å²) in [6.07, 6.45) is 0.745. The molecule has 7 heavy (non-hydrogen) atoms. The standard InChI is InChI=1S/C4H6FNO/c1-3(2-6)4(5)7/h2,6-7H,1H3/b4-3-,6-2?. The minimum atomic E-state index is -1.28. The minimum Gasteiger partial charge on any atom is -0.486 e. The topological polar surface area (TPSA) is 44.1 Å². The van der Waals surface area contributed by atoms with Gasteiger partial charge in [-0.2, -0.15) is 4.39 Å². The van der Waals surface area contributed by atoms with Gasteiger partial charge in [-0.3, -0.25) is 0 Å². The second-order valence-electron chi connectivity index (χ2n) is 1.12. The molecule has 0 atom stereocenters. The maximum Gasteiger partial charge on any atom is 0.274 e. The second kappa shape index (κ2) is 2.34. The molecule has 0 fully saturated rings. The summed E-state index contributed by atoms with van der Waals surface area (Å²) in [6, 6.07) is -1.28. The molecule has 0 radical (unpaired) electrons. The lowest BCUT2D eigenvalue weighted by Gasteiger charge is -1.83. The van der Waals surface area contributed by atoms with Crippen LogP contribution in [0.2, 0.25) is 0 Å². The quantitative estimate of drug-likeness (QED) is 0.382. The Labute approximate surface area is 40.8 Å². The van der Waals surface area contributed by atoms with Crippen molar-refractivity contribution in [2.75, 3.05) is 0 Å². The van der Waals surface area contributed by atoms with Crippen LogP contribution in [0.15, 0.2) is 11.6 Å². The van der Waals surface area contributed by atoms with Crippen LogP contribution in [0.25, 0.3) is 0 Å². The normalized spacial score (nSPS) is 12.9. The van der Waals surface area contributed by atoms with E-state index in [1.807, 2.05) is 0 Å². The van der Waals surface area contributed by atoms with Gasteiger partial charge in [0, 0.05) is 11.8 Å². The van der Waals surface area contributed by atoms with Gasteiger partial charge in [0.25, 0.3) is 6.01 Å². The first-order chi connectivity index (χ1) is 3.18. The molecule has 2 N–H and O–H groups in total. The number of halogens is 1. The predicted octanol–water partition coefficient (Wildman–Crippen LogP) is 1.39. The number of hydrogen-bond acceptors (Lipinski definition) is 2. The van der Waals surface area contributed by atoms with Gasteiger partial charge in [0.1, 0.15) is 0 Å². The highest BCUT2D eigenvalue weighted by Crippen LogP contribution is 1.95. The Morgan fingerprint density at radius 1 is 1.86 bits per heavy atom. The first-order valence-electron chi connectivity index (χ1n) is 1.74. The van der Waals surface area contributed by atoms with Crippen LogP contribution in [0.3, 0.4) is 0 Å². The number of allylic oxidation sites excluding steroid dienone is 1. The fraction of sp³-hybridized carbons (Fsp3) is 0.250. The molecule has 2 nitrogen and oxygen atoms in total. The Morgan fingerprint density at radius 2 is 2.29 bits per heavy atom. The average Bonchev–Trinajstić information content (AvgIpc) is 1.65. The lowest BCUT2D eigenvalue weighted by Crippen LogP contribution is -1.78. The summed E-state index contributed by atoms with van der Waals surface area (Å²) >= 11 is 0. The molecule has 0 spiro atoms. The highest BCUT2D eigenvalue weighted by atomic mass is 19.1. The Bertz CT molecular complexity index is 104. The van der Waals surface area contributed by atoms with E-state index >= 15 is 0 Å². The van der Waals surface area contributed by atoms with Gasteiger partial charge >= 0.3 is 0 Å². The van der Waals surface area contributed by atoms with E-state index in [1.165, 1.54) is 6.92 Å². The number of aliphatic hydroxyl groups excluding tert-OH is 1. The van der Waals surface area contributed by atoms with E-state index in [4.69, 9.17) is 10.5 Å². The van der Waals surface area contributed by atoms with Crippen LogP contribution in [-0.2, 0) is 0 Å². The first-order valence-corrected chi connectivity index (χ1v) is 1.74. The van der Waals surface area contributed by atoms with Crippen molar-refractivity contribution in [2.45, 2.75) is 6.92 Å². The summed E-state index contributed by atoms with van der Waals surface area (Å²) in [5, 5.41) is 14.2. The minimum absolute atomic E-state index is 0.0556. The lowest BCUT2D eigenvalue weighted by atomic mass is 10.4. The van der Waals surface area contributed by atoms with E-state index in [0.29, 0.717) is 0 Å². The summed E-state index contributed by atoms with van der Waals surface area (Å²) in [6.45, 7) is 1.31. The largest absolute Gasteiger partial charge is 0.486 e. The first kappa shape index (κ1) is 6.14. The molecule has 0 saturated carbocycles. The monoisotopic (exact) mass is 103 g/mol. The van der Waals surface area contributed by atoms with Crippen LogP contribution in [0.4, 0.5) is 4.39 Å². The summed E-state index contributed by atoms with van der Waals surface area (Å²) in [4.78, 5) is 0. The zero-order valence-electron chi connectivity index (χ0n) is 3.90. The number of aliphatic hydroxyl groups is 1. The number of hydrogen-bond donors (Lipinski definition) is 2. The fourth-order valence-electron chi connectivity index (χ4n) is 0.0596. The molecule has 0 saturated heterocycles. The molecule has 0 aromatic rings. The molecule has 40 valence electrons. The molecule has 0 bridgehead atoms. The highest BCUT2D eigenvalue weighted by Gasteiger charge is 1.89. The average molecular weight is 103 g/mol. The second-order valence-corrected chi connectivity index (χ2v) is 1.12. The maximum atomic E-state index is 11.4. The van der Waals surface area contributed by atoms with E-state index in [-0.39, 0.29) is 5.57 Å². The van der Waals surface area contributed by atoms with E-state index < -0.39 is 6.01 Å². The van der Waals surface area contributed by atoms with Gasteiger partial charge < -0.3 is 10.5 Å². The summed E-state index contributed by atoms with van der Waals surface area (Å²) in [5.74, 6) is 0. The van der Waals surface area contributed by atoms with Crippen molar-refractivity contribution in [3.05, 3.63) is 11.6 Å². The summed E-state index contributed by atoms with van der Waals surface area (Å²) in [5.41, 5.74) is -0.0556.